The summed E-state index contributed by atoms with van der Waals surface area (Å²) >= 11 is 4.84. The third-order valence-corrected chi connectivity index (χ3v) is 4.92. The van der Waals surface area contributed by atoms with Gasteiger partial charge < -0.3 is 0 Å². The number of hydrogen-bond acceptors (Lipinski definition) is 0. The molecule has 0 spiro atoms. The Morgan fingerprint density at radius 3 is 2.43 bits per heavy atom. The van der Waals surface area contributed by atoms with E-state index in [9.17, 15) is 0 Å². The fraction of sp³-hybridized carbons (Fsp3) is 0.167. The quantitative estimate of drug-likeness (QED) is 0.557. The highest BCUT2D eigenvalue weighted by atomic mass is 127. The Balaban J connectivity index is 2.91. The van der Waals surface area contributed by atoms with Crippen molar-refractivity contribution in [3.05, 3.63) is 42.5 Å². The van der Waals surface area contributed by atoms with Crippen LogP contribution in [0.5, 0.6) is 0 Å². The summed E-state index contributed by atoms with van der Waals surface area (Å²) in [7, 11) is 0. The molecule has 0 heterocycles. The Labute approximate surface area is 111 Å². The van der Waals surface area contributed by atoms with Gasteiger partial charge in [-0.25, -0.2) is 0 Å². The molecule has 2 aromatic carbocycles. The van der Waals surface area contributed by atoms with E-state index in [1.165, 1.54) is 29.0 Å². The highest BCUT2D eigenvalue weighted by Crippen LogP contribution is 2.28. The lowest BCUT2D eigenvalue weighted by Crippen LogP contribution is -1.88. The molecular formula is C12H10I2. The Kier molecular flexibility index (Phi) is 3.02. The summed E-state index contributed by atoms with van der Waals surface area (Å²) in [4.78, 5) is 0. The maximum atomic E-state index is 2.44. The number of benzene rings is 2. The topological polar surface area (TPSA) is 0 Å². The molecule has 0 radical (unpaired) electrons. The van der Waals surface area contributed by atoms with Gasteiger partial charge in [-0.05, 0) is 81.4 Å². The fourth-order valence-electron chi connectivity index (χ4n) is 1.55. The molecule has 0 saturated heterocycles. The first kappa shape index (κ1) is 10.7. The molecule has 0 aliphatic heterocycles. The minimum absolute atomic E-state index is 1.33. The number of aryl methyl sites for hydroxylation is 1. The van der Waals surface area contributed by atoms with Crippen molar-refractivity contribution in [2.24, 2.45) is 0 Å². The van der Waals surface area contributed by atoms with Crippen molar-refractivity contribution in [2.75, 3.05) is 0 Å². The molecule has 0 atom stereocenters. The maximum Gasteiger partial charge on any atom is 0.0248 e. The lowest BCUT2D eigenvalue weighted by molar-refractivity contribution is 1.41. The van der Waals surface area contributed by atoms with Crippen molar-refractivity contribution in [3.8, 4) is 0 Å². The summed E-state index contributed by atoms with van der Waals surface area (Å²) in [6, 6.07) is 8.91. The van der Waals surface area contributed by atoms with Gasteiger partial charge >= 0.3 is 0 Å². The zero-order valence-corrected chi connectivity index (χ0v) is 12.4. The van der Waals surface area contributed by atoms with Crippen LogP contribution < -0.4 is 0 Å². The van der Waals surface area contributed by atoms with Crippen LogP contribution in [-0.2, 0) is 0 Å². The van der Waals surface area contributed by atoms with Gasteiger partial charge in [0.15, 0.2) is 0 Å². The van der Waals surface area contributed by atoms with Gasteiger partial charge in [-0.1, -0.05) is 23.8 Å². The molecule has 0 unspecified atom stereocenters. The first-order chi connectivity index (χ1) is 6.59. The highest BCUT2D eigenvalue weighted by molar-refractivity contribution is 14.1. The van der Waals surface area contributed by atoms with Crippen LogP contribution in [0.2, 0.25) is 0 Å². The van der Waals surface area contributed by atoms with E-state index in [0.717, 1.165) is 0 Å². The highest BCUT2D eigenvalue weighted by Gasteiger charge is 2.05. The number of fused-ring (bicyclic) bond motifs is 1. The molecular weight excluding hydrogens is 398 g/mol. The van der Waals surface area contributed by atoms with E-state index >= 15 is 0 Å². The number of halogens is 2. The van der Waals surface area contributed by atoms with Gasteiger partial charge in [0.1, 0.15) is 0 Å². The molecule has 2 heteroatoms. The normalized spacial score (nSPS) is 10.9. The summed E-state index contributed by atoms with van der Waals surface area (Å²) in [5, 5.41) is 2.72. The third-order valence-electron chi connectivity index (χ3n) is 2.41. The van der Waals surface area contributed by atoms with Gasteiger partial charge in [0.05, 0.1) is 0 Å². The molecule has 2 rings (SSSR count). The van der Waals surface area contributed by atoms with Gasteiger partial charge in [0.25, 0.3) is 0 Å². The summed E-state index contributed by atoms with van der Waals surface area (Å²) in [5.74, 6) is 0. The molecule has 0 nitrogen and oxygen atoms in total. The smallest absolute Gasteiger partial charge is 0.0248 e. The SMILES string of the molecule is Cc1ccc2c(I)c(C)c(I)cc2c1. The zero-order chi connectivity index (χ0) is 10.3. The van der Waals surface area contributed by atoms with Crippen LogP contribution in [0.3, 0.4) is 0 Å². The Morgan fingerprint density at radius 1 is 1.00 bits per heavy atom. The van der Waals surface area contributed by atoms with Crippen LogP contribution in [0.4, 0.5) is 0 Å². The lowest BCUT2D eigenvalue weighted by atomic mass is 10.1. The average molecular weight is 408 g/mol. The molecule has 0 amide bonds. The molecule has 2 aromatic rings. The van der Waals surface area contributed by atoms with E-state index in [2.05, 4.69) is 83.3 Å². The molecule has 0 fully saturated rings. The van der Waals surface area contributed by atoms with Gasteiger partial charge in [-0.2, -0.15) is 0 Å². The van der Waals surface area contributed by atoms with E-state index in [1.54, 1.807) is 0 Å². The number of hydrogen-bond donors (Lipinski definition) is 0. The molecule has 14 heavy (non-hydrogen) atoms. The summed E-state index contributed by atoms with van der Waals surface area (Å²) in [6.07, 6.45) is 0. The molecule has 0 bridgehead atoms. The average Bonchev–Trinajstić information content (AvgIpc) is 2.14. The van der Waals surface area contributed by atoms with Crippen LogP contribution in [0.15, 0.2) is 24.3 Å². The fourth-order valence-corrected chi connectivity index (χ4v) is 3.46. The summed E-state index contributed by atoms with van der Waals surface area (Å²) in [5.41, 5.74) is 2.72. The van der Waals surface area contributed by atoms with Crippen molar-refractivity contribution in [3.63, 3.8) is 0 Å². The van der Waals surface area contributed by atoms with Crippen molar-refractivity contribution in [1.29, 1.82) is 0 Å². The predicted octanol–water partition coefficient (Wildman–Crippen LogP) is 4.67. The number of rotatable bonds is 0. The second-order valence-electron chi connectivity index (χ2n) is 3.52. The molecule has 0 aromatic heterocycles. The largest absolute Gasteiger partial charge is 0.0586 e. The van der Waals surface area contributed by atoms with Crippen molar-refractivity contribution < 1.29 is 0 Å². The van der Waals surface area contributed by atoms with Crippen LogP contribution in [-0.4, -0.2) is 0 Å². The first-order valence-corrected chi connectivity index (χ1v) is 6.60. The second kappa shape index (κ2) is 3.96. The molecule has 72 valence electrons. The van der Waals surface area contributed by atoms with Gasteiger partial charge in [-0.3, -0.25) is 0 Å². The van der Waals surface area contributed by atoms with Crippen LogP contribution in [0.25, 0.3) is 10.8 Å². The van der Waals surface area contributed by atoms with Crippen molar-refractivity contribution in [2.45, 2.75) is 13.8 Å². The Bertz CT molecular complexity index is 501. The van der Waals surface area contributed by atoms with Crippen molar-refractivity contribution >= 4 is 56.0 Å². The van der Waals surface area contributed by atoms with E-state index in [4.69, 9.17) is 0 Å². The lowest BCUT2D eigenvalue weighted by Gasteiger charge is -2.07. The van der Waals surface area contributed by atoms with Gasteiger partial charge in [0, 0.05) is 7.14 Å². The molecule has 0 saturated carbocycles. The van der Waals surface area contributed by atoms with Gasteiger partial charge in [0.2, 0.25) is 0 Å². The third kappa shape index (κ3) is 1.78. The van der Waals surface area contributed by atoms with Crippen LogP contribution in [0.1, 0.15) is 11.1 Å². The summed E-state index contributed by atoms with van der Waals surface area (Å²) in [6.45, 7) is 4.32. The maximum absolute atomic E-state index is 2.44. The van der Waals surface area contributed by atoms with E-state index in [-0.39, 0.29) is 0 Å². The van der Waals surface area contributed by atoms with Crippen LogP contribution in [0, 0.1) is 21.0 Å². The monoisotopic (exact) mass is 408 g/mol. The van der Waals surface area contributed by atoms with E-state index in [1.807, 2.05) is 0 Å². The van der Waals surface area contributed by atoms with Crippen LogP contribution >= 0.6 is 45.2 Å². The summed E-state index contributed by atoms with van der Waals surface area (Å²) < 4.78 is 2.73. The Hall–Kier alpha value is 0.160. The molecule has 0 aliphatic rings. The zero-order valence-electron chi connectivity index (χ0n) is 8.07. The van der Waals surface area contributed by atoms with E-state index < -0.39 is 0 Å². The van der Waals surface area contributed by atoms with Crippen molar-refractivity contribution in [1.82, 2.24) is 0 Å². The van der Waals surface area contributed by atoms with Gasteiger partial charge in [-0.15, -0.1) is 0 Å². The molecule has 0 aliphatic carbocycles. The Morgan fingerprint density at radius 2 is 1.71 bits per heavy atom. The second-order valence-corrected chi connectivity index (χ2v) is 5.76. The molecule has 0 N–H and O–H groups in total. The first-order valence-electron chi connectivity index (χ1n) is 4.44. The predicted molar refractivity (Wildman–Crippen MR) is 78.9 cm³/mol. The minimum atomic E-state index is 1.33. The van der Waals surface area contributed by atoms with E-state index in [0.29, 0.717) is 0 Å². The minimum Gasteiger partial charge on any atom is -0.0586 e. The standard InChI is InChI=1S/C12H10I2/c1-7-3-4-10-9(5-7)6-11(13)8(2)12(10)14/h3-6H,1-2H3.